The molecule has 5 nitrogen and oxygen atoms in total. The van der Waals surface area contributed by atoms with Crippen LogP contribution in [0.15, 0.2) is 0 Å². The molecule has 1 saturated heterocycles. The summed E-state index contributed by atoms with van der Waals surface area (Å²) < 4.78 is 0. The van der Waals surface area contributed by atoms with E-state index < -0.39 is 12.0 Å². The molecule has 0 aromatic heterocycles. The van der Waals surface area contributed by atoms with Crippen molar-refractivity contribution in [3.05, 3.63) is 0 Å². The van der Waals surface area contributed by atoms with E-state index in [1.165, 1.54) is 23.7 Å². The Hall–Kier alpha value is -0.910. The average Bonchev–Trinajstić information content (AvgIpc) is 2.60. The number of carbonyl (C=O) groups excluding carboxylic acids is 1. The van der Waals surface area contributed by atoms with Crippen LogP contribution < -0.4 is 5.32 Å². The van der Waals surface area contributed by atoms with Crippen LogP contribution in [0.2, 0.25) is 0 Å². The van der Waals surface area contributed by atoms with Crippen molar-refractivity contribution in [2.45, 2.75) is 25.3 Å². The summed E-state index contributed by atoms with van der Waals surface area (Å²) in [5.74, 6) is -0.225. The fourth-order valence-electron chi connectivity index (χ4n) is 1.62. The second kappa shape index (κ2) is 4.74. The highest BCUT2D eigenvalue weighted by molar-refractivity contribution is 8.00. The SMILES string of the molecule is CNC(=O)N1C(C(=O)O)CSC1C(C)C. The number of hydrogen-bond acceptors (Lipinski definition) is 3. The molecule has 2 amide bonds. The topological polar surface area (TPSA) is 69.6 Å². The number of hydrogen-bond donors (Lipinski definition) is 2. The lowest BCUT2D eigenvalue weighted by molar-refractivity contribution is -0.141. The van der Waals surface area contributed by atoms with E-state index in [1.807, 2.05) is 13.8 Å². The molecule has 2 N–H and O–H groups in total. The predicted molar refractivity (Wildman–Crippen MR) is 58.8 cm³/mol. The third-order valence-electron chi connectivity index (χ3n) is 2.34. The highest BCUT2D eigenvalue weighted by Gasteiger charge is 2.42. The Morgan fingerprint density at radius 2 is 2.13 bits per heavy atom. The lowest BCUT2D eigenvalue weighted by Gasteiger charge is -2.29. The molecule has 0 aliphatic carbocycles. The number of carboxylic acids is 1. The zero-order valence-corrected chi connectivity index (χ0v) is 9.87. The van der Waals surface area contributed by atoms with Gasteiger partial charge in [0.1, 0.15) is 6.04 Å². The molecule has 0 spiro atoms. The Bertz CT molecular complexity index is 270. The molecule has 15 heavy (non-hydrogen) atoms. The van der Waals surface area contributed by atoms with E-state index in [0.717, 1.165) is 0 Å². The smallest absolute Gasteiger partial charge is 0.327 e. The molecule has 1 heterocycles. The van der Waals surface area contributed by atoms with Crippen molar-refractivity contribution < 1.29 is 14.7 Å². The highest BCUT2D eigenvalue weighted by Crippen LogP contribution is 2.33. The molecule has 0 aromatic carbocycles. The van der Waals surface area contributed by atoms with Crippen molar-refractivity contribution in [1.82, 2.24) is 10.2 Å². The van der Waals surface area contributed by atoms with Gasteiger partial charge in [0, 0.05) is 12.8 Å². The Morgan fingerprint density at radius 3 is 2.53 bits per heavy atom. The molecule has 1 aliphatic heterocycles. The molecule has 0 bridgehead atoms. The number of carboxylic acid groups (broad SMARTS) is 1. The van der Waals surface area contributed by atoms with E-state index in [9.17, 15) is 9.59 Å². The Morgan fingerprint density at radius 1 is 1.53 bits per heavy atom. The van der Waals surface area contributed by atoms with Crippen LogP contribution in [-0.2, 0) is 4.79 Å². The van der Waals surface area contributed by atoms with Gasteiger partial charge < -0.3 is 10.4 Å². The number of amides is 2. The summed E-state index contributed by atoms with van der Waals surface area (Å²) in [6.07, 6.45) is 0. The quantitative estimate of drug-likeness (QED) is 0.739. The minimum atomic E-state index is -0.936. The molecule has 86 valence electrons. The van der Waals surface area contributed by atoms with Gasteiger partial charge in [-0.1, -0.05) is 13.8 Å². The van der Waals surface area contributed by atoms with E-state index in [0.29, 0.717) is 5.75 Å². The molecule has 6 heteroatoms. The van der Waals surface area contributed by atoms with Crippen LogP contribution in [-0.4, -0.2) is 46.2 Å². The lowest BCUT2D eigenvalue weighted by Crippen LogP contribution is -2.50. The average molecular weight is 232 g/mol. The van der Waals surface area contributed by atoms with Crippen LogP contribution in [0.3, 0.4) is 0 Å². The standard InChI is InChI=1S/C9H16N2O3S/c1-5(2)7-11(9(14)10-3)6(4-15-7)8(12)13/h5-7H,4H2,1-3H3,(H,10,14)(H,12,13). The number of rotatable bonds is 2. The molecule has 1 aliphatic rings. The number of carbonyl (C=O) groups is 2. The Balaban J connectivity index is 2.87. The lowest BCUT2D eigenvalue weighted by atomic mass is 10.2. The number of thioether (sulfide) groups is 1. The Labute approximate surface area is 93.2 Å². The van der Waals surface area contributed by atoms with Crippen LogP contribution >= 0.6 is 11.8 Å². The van der Waals surface area contributed by atoms with E-state index in [-0.39, 0.29) is 17.3 Å². The maximum absolute atomic E-state index is 11.6. The fourth-order valence-corrected chi connectivity index (χ4v) is 3.09. The maximum Gasteiger partial charge on any atom is 0.327 e. The molecular formula is C9H16N2O3S. The second-order valence-electron chi connectivity index (χ2n) is 3.78. The molecule has 1 rings (SSSR count). The maximum atomic E-state index is 11.6. The third-order valence-corrected chi connectivity index (χ3v) is 3.96. The zero-order chi connectivity index (χ0) is 11.6. The van der Waals surface area contributed by atoms with Crippen molar-refractivity contribution in [3.63, 3.8) is 0 Å². The van der Waals surface area contributed by atoms with Crippen molar-refractivity contribution in [1.29, 1.82) is 0 Å². The van der Waals surface area contributed by atoms with Crippen molar-refractivity contribution in [2.24, 2.45) is 5.92 Å². The van der Waals surface area contributed by atoms with Crippen molar-refractivity contribution in [2.75, 3.05) is 12.8 Å². The predicted octanol–water partition coefficient (Wildman–Crippen LogP) is 0.810. The first kappa shape index (κ1) is 12.2. The van der Waals surface area contributed by atoms with E-state index in [2.05, 4.69) is 5.32 Å². The van der Waals surface area contributed by atoms with Crippen molar-refractivity contribution in [3.8, 4) is 0 Å². The molecule has 2 atom stereocenters. The Kier molecular flexibility index (Phi) is 3.84. The molecule has 0 saturated carbocycles. The van der Waals surface area contributed by atoms with Gasteiger partial charge in [-0.3, -0.25) is 4.90 Å². The van der Waals surface area contributed by atoms with Crippen LogP contribution in [0.5, 0.6) is 0 Å². The number of nitrogens with one attached hydrogen (secondary N) is 1. The summed E-state index contributed by atoms with van der Waals surface area (Å²) in [5, 5.41) is 11.4. The van der Waals surface area contributed by atoms with Gasteiger partial charge in [0.15, 0.2) is 0 Å². The number of nitrogens with zero attached hydrogens (tertiary/aromatic N) is 1. The van der Waals surface area contributed by atoms with Crippen LogP contribution in [0.1, 0.15) is 13.8 Å². The van der Waals surface area contributed by atoms with Gasteiger partial charge in [-0.2, -0.15) is 0 Å². The molecule has 0 radical (unpaired) electrons. The van der Waals surface area contributed by atoms with Crippen LogP contribution in [0.25, 0.3) is 0 Å². The summed E-state index contributed by atoms with van der Waals surface area (Å²) in [6.45, 7) is 3.97. The summed E-state index contributed by atoms with van der Waals surface area (Å²) in [5.41, 5.74) is 0. The highest BCUT2D eigenvalue weighted by atomic mass is 32.2. The fraction of sp³-hybridized carbons (Fsp3) is 0.778. The van der Waals surface area contributed by atoms with E-state index in [4.69, 9.17) is 5.11 Å². The van der Waals surface area contributed by atoms with Gasteiger partial charge in [0.2, 0.25) is 0 Å². The summed E-state index contributed by atoms with van der Waals surface area (Å²) in [7, 11) is 1.52. The number of urea groups is 1. The minimum Gasteiger partial charge on any atom is -0.480 e. The molecule has 0 aromatic rings. The molecule has 2 unspecified atom stereocenters. The summed E-state index contributed by atoms with van der Waals surface area (Å²) in [6, 6.07) is -1.02. The van der Waals surface area contributed by atoms with E-state index in [1.54, 1.807) is 0 Å². The van der Waals surface area contributed by atoms with Gasteiger partial charge in [0.25, 0.3) is 0 Å². The molecule has 1 fully saturated rings. The van der Waals surface area contributed by atoms with Gasteiger partial charge in [-0.15, -0.1) is 11.8 Å². The second-order valence-corrected chi connectivity index (χ2v) is 4.93. The van der Waals surface area contributed by atoms with Crippen molar-refractivity contribution >= 4 is 23.8 Å². The van der Waals surface area contributed by atoms with Crippen LogP contribution in [0, 0.1) is 5.92 Å². The summed E-state index contributed by atoms with van der Waals surface area (Å²) in [4.78, 5) is 24.0. The number of aliphatic carboxylic acids is 1. The molecular weight excluding hydrogens is 216 g/mol. The first-order valence-corrected chi connectivity index (χ1v) is 5.88. The van der Waals surface area contributed by atoms with Gasteiger partial charge >= 0.3 is 12.0 Å². The monoisotopic (exact) mass is 232 g/mol. The normalized spacial score (nSPS) is 25.7. The summed E-state index contributed by atoms with van der Waals surface area (Å²) >= 11 is 1.52. The first-order chi connectivity index (χ1) is 6.99. The first-order valence-electron chi connectivity index (χ1n) is 4.83. The largest absolute Gasteiger partial charge is 0.480 e. The van der Waals surface area contributed by atoms with Gasteiger partial charge in [0.05, 0.1) is 5.37 Å². The van der Waals surface area contributed by atoms with Crippen LogP contribution in [0.4, 0.5) is 4.79 Å². The van der Waals surface area contributed by atoms with E-state index >= 15 is 0 Å². The zero-order valence-electron chi connectivity index (χ0n) is 9.06. The van der Waals surface area contributed by atoms with Gasteiger partial charge in [-0.25, -0.2) is 9.59 Å². The third kappa shape index (κ3) is 2.37. The minimum absolute atomic E-state index is 0.0500. The van der Waals surface area contributed by atoms with Gasteiger partial charge in [-0.05, 0) is 5.92 Å².